The van der Waals surface area contributed by atoms with E-state index in [0.29, 0.717) is 5.75 Å². The van der Waals surface area contributed by atoms with Crippen LogP contribution in [0.5, 0.6) is 0 Å². The van der Waals surface area contributed by atoms with Gasteiger partial charge in [-0.2, -0.15) is 0 Å². The van der Waals surface area contributed by atoms with Gasteiger partial charge in [0, 0.05) is 18.6 Å². The van der Waals surface area contributed by atoms with Crippen molar-refractivity contribution in [1.29, 1.82) is 0 Å². The van der Waals surface area contributed by atoms with E-state index < -0.39 is 27.9 Å². The molecule has 0 aromatic carbocycles. The van der Waals surface area contributed by atoms with E-state index in [9.17, 15) is 18.0 Å². The van der Waals surface area contributed by atoms with Crippen LogP contribution in [0, 0.1) is 0 Å². The van der Waals surface area contributed by atoms with E-state index in [1.165, 1.54) is 16.7 Å². The lowest BCUT2D eigenvalue weighted by Crippen LogP contribution is -2.50. The summed E-state index contributed by atoms with van der Waals surface area (Å²) in [4.78, 5) is 24.0. The Hall–Kier alpha value is -0.960. The largest absolute Gasteiger partial charge is 0.480 e. The van der Waals surface area contributed by atoms with E-state index in [2.05, 4.69) is 5.32 Å². The van der Waals surface area contributed by atoms with Crippen molar-refractivity contribution in [2.75, 3.05) is 24.3 Å². The third-order valence-electron chi connectivity index (χ3n) is 2.49. The Morgan fingerprint density at radius 1 is 1.50 bits per heavy atom. The van der Waals surface area contributed by atoms with Crippen LogP contribution in [-0.4, -0.2) is 66.1 Å². The van der Waals surface area contributed by atoms with Gasteiger partial charge in [0.05, 0.1) is 11.1 Å². The van der Waals surface area contributed by atoms with Crippen LogP contribution in [0.3, 0.4) is 0 Å². The summed E-state index contributed by atoms with van der Waals surface area (Å²) >= 11 is 1.38. The highest BCUT2D eigenvalue weighted by Crippen LogP contribution is 2.28. The molecule has 2 amide bonds. The SMILES string of the molecule is CC1SCC(C(=O)O)N1C(=O)NCCS(C)(=O)=O. The van der Waals surface area contributed by atoms with Crippen LogP contribution in [0.2, 0.25) is 0 Å². The first-order valence-electron chi connectivity index (χ1n) is 5.30. The van der Waals surface area contributed by atoms with Crippen molar-refractivity contribution < 1.29 is 23.1 Å². The Morgan fingerprint density at radius 2 is 2.11 bits per heavy atom. The van der Waals surface area contributed by atoms with Gasteiger partial charge < -0.3 is 10.4 Å². The van der Waals surface area contributed by atoms with E-state index in [-0.39, 0.29) is 17.7 Å². The van der Waals surface area contributed by atoms with E-state index in [4.69, 9.17) is 5.11 Å². The zero-order chi connectivity index (χ0) is 13.9. The van der Waals surface area contributed by atoms with Crippen molar-refractivity contribution in [3.8, 4) is 0 Å². The lowest BCUT2D eigenvalue weighted by Gasteiger charge is -2.25. The lowest BCUT2D eigenvalue weighted by molar-refractivity contribution is -0.141. The van der Waals surface area contributed by atoms with Crippen LogP contribution >= 0.6 is 11.8 Å². The van der Waals surface area contributed by atoms with Gasteiger partial charge in [-0.1, -0.05) is 0 Å². The number of urea groups is 1. The molecule has 0 aromatic heterocycles. The Morgan fingerprint density at radius 3 is 2.61 bits per heavy atom. The topological polar surface area (TPSA) is 104 Å². The molecule has 0 aromatic rings. The molecule has 1 saturated heterocycles. The normalized spacial score (nSPS) is 24.0. The van der Waals surface area contributed by atoms with Gasteiger partial charge in [-0.15, -0.1) is 11.8 Å². The molecule has 1 aliphatic heterocycles. The minimum atomic E-state index is -3.14. The summed E-state index contributed by atoms with van der Waals surface area (Å²) in [7, 11) is -3.14. The second-order valence-corrected chi connectivity index (χ2v) is 7.66. The average Bonchev–Trinajstić information content (AvgIpc) is 2.58. The number of rotatable bonds is 4. The predicted octanol–water partition coefficient (Wildman–Crippen LogP) is -0.411. The van der Waals surface area contributed by atoms with E-state index in [0.717, 1.165) is 6.26 Å². The van der Waals surface area contributed by atoms with Crippen LogP contribution in [0.1, 0.15) is 6.92 Å². The molecule has 0 radical (unpaired) electrons. The van der Waals surface area contributed by atoms with Crippen molar-refractivity contribution in [2.24, 2.45) is 0 Å². The van der Waals surface area contributed by atoms with Crippen LogP contribution in [0.25, 0.3) is 0 Å². The minimum absolute atomic E-state index is 0.0160. The number of hydrogen-bond donors (Lipinski definition) is 2. The molecule has 0 saturated carbocycles. The molecule has 2 unspecified atom stereocenters. The fraction of sp³-hybridized carbons (Fsp3) is 0.778. The van der Waals surface area contributed by atoms with Gasteiger partial charge in [-0.25, -0.2) is 18.0 Å². The molecular formula is C9H16N2O5S2. The molecular weight excluding hydrogens is 280 g/mol. The van der Waals surface area contributed by atoms with Crippen molar-refractivity contribution in [3.05, 3.63) is 0 Å². The van der Waals surface area contributed by atoms with Crippen molar-refractivity contribution >= 4 is 33.6 Å². The molecule has 18 heavy (non-hydrogen) atoms. The van der Waals surface area contributed by atoms with Crippen LogP contribution in [0.4, 0.5) is 4.79 Å². The zero-order valence-electron chi connectivity index (χ0n) is 10.1. The smallest absolute Gasteiger partial charge is 0.327 e. The third-order valence-corrected chi connectivity index (χ3v) is 4.65. The Bertz CT molecular complexity index is 436. The molecule has 1 fully saturated rings. The van der Waals surface area contributed by atoms with Crippen molar-refractivity contribution in [2.45, 2.75) is 18.3 Å². The zero-order valence-corrected chi connectivity index (χ0v) is 11.8. The first kappa shape index (κ1) is 15.1. The number of carbonyl (C=O) groups excluding carboxylic acids is 1. The van der Waals surface area contributed by atoms with Gasteiger partial charge >= 0.3 is 12.0 Å². The van der Waals surface area contributed by atoms with Gasteiger partial charge in [0.15, 0.2) is 0 Å². The van der Waals surface area contributed by atoms with Crippen LogP contribution in [0.15, 0.2) is 0 Å². The van der Waals surface area contributed by atoms with Crippen molar-refractivity contribution in [1.82, 2.24) is 10.2 Å². The lowest BCUT2D eigenvalue weighted by atomic mass is 10.3. The Kier molecular flexibility index (Phi) is 4.85. The fourth-order valence-corrected chi connectivity index (χ4v) is 3.22. The number of carboxylic acid groups (broad SMARTS) is 1. The van der Waals surface area contributed by atoms with Gasteiger partial charge in [0.1, 0.15) is 15.9 Å². The molecule has 0 aliphatic carbocycles. The number of nitrogens with one attached hydrogen (secondary N) is 1. The maximum atomic E-state index is 11.8. The van der Waals surface area contributed by atoms with Crippen LogP contribution in [-0.2, 0) is 14.6 Å². The summed E-state index contributed by atoms with van der Waals surface area (Å²) in [6.07, 6.45) is 1.08. The maximum absolute atomic E-state index is 11.8. The standard InChI is InChI=1S/C9H16N2O5S2/c1-6-11(7(5-17-6)8(12)13)9(14)10-3-4-18(2,15)16/h6-7H,3-5H2,1-2H3,(H,10,14)(H,12,13). The van der Waals surface area contributed by atoms with Crippen LogP contribution < -0.4 is 5.32 Å². The number of thioether (sulfide) groups is 1. The summed E-state index contributed by atoms with van der Waals surface area (Å²) in [5.74, 6) is -0.868. The minimum Gasteiger partial charge on any atom is -0.480 e. The third kappa shape index (κ3) is 4.05. The highest BCUT2D eigenvalue weighted by atomic mass is 32.2. The second-order valence-electron chi connectivity index (χ2n) is 4.06. The van der Waals surface area contributed by atoms with E-state index >= 15 is 0 Å². The number of sulfone groups is 1. The van der Waals surface area contributed by atoms with Gasteiger partial charge in [-0.05, 0) is 6.92 Å². The van der Waals surface area contributed by atoms with Gasteiger partial charge in [0.2, 0.25) is 0 Å². The molecule has 1 rings (SSSR count). The van der Waals surface area contributed by atoms with E-state index in [1.807, 2.05) is 0 Å². The molecule has 1 aliphatic rings. The molecule has 7 nitrogen and oxygen atoms in total. The van der Waals surface area contributed by atoms with E-state index in [1.54, 1.807) is 6.92 Å². The number of amides is 2. The fourth-order valence-electron chi connectivity index (χ4n) is 1.58. The first-order chi connectivity index (χ1) is 8.22. The quantitative estimate of drug-likeness (QED) is 0.731. The molecule has 2 N–H and O–H groups in total. The number of nitrogens with zero attached hydrogens (tertiary/aromatic N) is 1. The monoisotopic (exact) mass is 296 g/mol. The number of aliphatic carboxylic acids is 1. The number of carboxylic acids is 1. The summed E-state index contributed by atoms with van der Waals surface area (Å²) < 4.78 is 21.8. The highest BCUT2D eigenvalue weighted by Gasteiger charge is 2.39. The average molecular weight is 296 g/mol. The number of hydrogen-bond acceptors (Lipinski definition) is 5. The molecule has 104 valence electrons. The Labute approximate surface area is 110 Å². The summed E-state index contributed by atoms with van der Waals surface area (Å²) in [5, 5.41) is 11.2. The van der Waals surface area contributed by atoms with Crippen molar-refractivity contribution in [3.63, 3.8) is 0 Å². The first-order valence-corrected chi connectivity index (χ1v) is 8.41. The highest BCUT2D eigenvalue weighted by molar-refractivity contribution is 8.00. The molecule has 1 heterocycles. The maximum Gasteiger partial charge on any atom is 0.327 e. The molecule has 0 bridgehead atoms. The summed E-state index contributed by atoms with van der Waals surface area (Å²) in [6, 6.07) is -1.40. The predicted molar refractivity (Wildman–Crippen MR) is 68.3 cm³/mol. The van der Waals surface area contributed by atoms with Gasteiger partial charge in [0.25, 0.3) is 0 Å². The molecule has 9 heteroatoms. The molecule has 0 spiro atoms. The van der Waals surface area contributed by atoms with Gasteiger partial charge in [-0.3, -0.25) is 4.90 Å². The summed E-state index contributed by atoms with van der Waals surface area (Å²) in [5.41, 5.74) is 0. The number of carbonyl (C=O) groups is 2. The summed E-state index contributed by atoms with van der Waals surface area (Å²) in [6.45, 7) is 1.72. The Balaban J connectivity index is 2.57. The second kappa shape index (κ2) is 5.79. The molecule has 2 atom stereocenters.